The lowest BCUT2D eigenvalue weighted by Gasteiger charge is -2.38. The standard InChI is InChI=1S/C15H20FN7/c1-11(14-18-19-20-23(14)12-4-5-12)21-7-9-22(10-8-21)15-13(16)3-2-6-17-15/h2-3,6,11-12H,4-5,7-10H2,1H3/t11-/m1/s1. The summed E-state index contributed by atoms with van der Waals surface area (Å²) in [5.41, 5.74) is 0. The molecule has 1 saturated carbocycles. The molecule has 7 nitrogen and oxygen atoms in total. The summed E-state index contributed by atoms with van der Waals surface area (Å²) in [5, 5.41) is 12.2. The maximum absolute atomic E-state index is 13.9. The van der Waals surface area contributed by atoms with Gasteiger partial charge in [-0.3, -0.25) is 4.90 Å². The van der Waals surface area contributed by atoms with Crippen molar-refractivity contribution < 1.29 is 4.39 Å². The number of anilines is 1. The van der Waals surface area contributed by atoms with Gasteiger partial charge in [-0.05, 0) is 42.3 Å². The van der Waals surface area contributed by atoms with Gasteiger partial charge in [0.2, 0.25) is 0 Å². The van der Waals surface area contributed by atoms with Gasteiger partial charge in [-0.1, -0.05) is 0 Å². The number of pyridine rings is 1. The first-order valence-electron chi connectivity index (χ1n) is 8.11. The molecule has 2 aromatic heterocycles. The van der Waals surface area contributed by atoms with Gasteiger partial charge in [0.1, 0.15) is 0 Å². The van der Waals surface area contributed by atoms with E-state index in [0.717, 1.165) is 44.8 Å². The van der Waals surface area contributed by atoms with Gasteiger partial charge in [0.05, 0.1) is 12.1 Å². The van der Waals surface area contributed by atoms with Crippen LogP contribution in [0.5, 0.6) is 0 Å². The molecule has 2 aliphatic rings. The Bertz CT molecular complexity index is 676. The zero-order valence-corrected chi connectivity index (χ0v) is 13.1. The molecule has 1 saturated heterocycles. The second kappa shape index (κ2) is 5.84. The number of tetrazole rings is 1. The van der Waals surface area contributed by atoms with E-state index in [1.165, 1.54) is 6.07 Å². The maximum atomic E-state index is 13.9. The van der Waals surface area contributed by atoms with Crippen LogP contribution < -0.4 is 4.90 Å². The zero-order valence-electron chi connectivity index (χ0n) is 13.1. The molecule has 0 radical (unpaired) electrons. The smallest absolute Gasteiger partial charge is 0.168 e. The highest BCUT2D eigenvalue weighted by Gasteiger charge is 2.32. The lowest BCUT2D eigenvalue weighted by Crippen LogP contribution is -2.48. The van der Waals surface area contributed by atoms with Crippen molar-refractivity contribution in [2.45, 2.75) is 31.8 Å². The van der Waals surface area contributed by atoms with Gasteiger partial charge in [-0.2, -0.15) is 0 Å². The van der Waals surface area contributed by atoms with Crippen molar-refractivity contribution in [3.8, 4) is 0 Å². The van der Waals surface area contributed by atoms with Crippen molar-refractivity contribution in [3.63, 3.8) is 0 Å². The molecule has 1 aliphatic heterocycles. The lowest BCUT2D eigenvalue weighted by molar-refractivity contribution is 0.186. The normalized spacial score (nSPS) is 20.7. The number of aromatic nitrogens is 5. The van der Waals surface area contributed by atoms with Gasteiger partial charge >= 0.3 is 0 Å². The van der Waals surface area contributed by atoms with E-state index in [1.54, 1.807) is 12.3 Å². The van der Waals surface area contributed by atoms with Gasteiger partial charge in [0.15, 0.2) is 17.5 Å². The minimum absolute atomic E-state index is 0.168. The summed E-state index contributed by atoms with van der Waals surface area (Å²) in [5.74, 6) is 1.12. The number of hydrogen-bond acceptors (Lipinski definition) is 6. The third-order valence-corrected chi connectivity index (χ3v) is 4.69. The third kappa shape index (κ3) is 2.78. The van der Waals surface area contributed by atoms with Crippen LogP contribution in [-0.4, -0.2) is 56.3 Å². The van der Waals surface area contributed by atoms with Gasteiger partial charge in [-0.15, -0.1) is 5.10 Å². The fourth-order valence-corrected chi connectivity index (χ4v) is 3.15. The van der Waals surface area contributed by atoms with Crippen molar-refractivity contribution >= 4 is 5.82 Å². The van der Waals surface area contributed by atoms with E-state index in [2.05, 4.69) is 32.3 Å². The van der Waals surface area contributed by atoms with Crippen molar-refractivity contribution in [3.05, 3.63) is 30.0 Å². The summed E-state index contributed by atoms with van der Waals surface area (Å²) in [7, 11) is 0. The first-order valence-corrected chi connectivity index (χ1v) is 8.11. The van der Waals surface area contributed by atoms with Crippen LogP contribution in [0.3, 0.4) is 0 Å². The Morgan fingerprint density at radius 1 is 1.22 bits per heavy atom. The number of piperazine rings is 1. The molecule has 4 rings (SSSR count). The second-order valence-electron chi connectivity index (χ2n) is 6.22. The summed E-state index contributed by atoms with van der Waals surface area (Å²) < 4.78 is 15.8. The van der Waals surface area contributed by atoms with Crippen LogP contribution in [0.2, 0.25) is 0 Å². The molecule has 1 aliphatic carbocycles. The van der Waals surface area contributed by atoms with E-state index in [0.29, 0.717) is 11.9 Å². The molecule has 2 aromatic rings. The van der Waals surface area contributed by atoms with Crippen LogP contribution in [0.1, 0.15) is 37.7 Å². The van der Waals surface area contributed by atoms with E-state index < -0.39 is 0 Å². The van der Waals surface area contributed by atoms with Crippen LogP contribution in [0.15, 0.2) is 18.3 Å². The lowest BCUT2D eigenvalue weighted by atomic mass is 10.2. The van der Waals surface area contributed by atoms with Crippen molar-refractivity contribution in [1.82, 2.24) is 30.1 Å². The minimum atomic E-state index is -0.258. The first-order chi connectivity index (χ1) is 11.2. The molecule has 2 fully saturated rings. The quantitative estimate of drug-likeness (QED) is 0.850. The second-order valence-corrected chi connectivity index (χ2v) is 6.22. The molecule has 122 valence electrons. The third-order valence-electron chi connectivity index (χ3n) is 4.69. The van der Waals surface area contributed by atoms with Gasteiger partial charge in [-0.25, -0.2) is 14.1 Å². The molecule has 1 atom stereocenters. The predicted molar refractivity (Wildman–Crippen MR) is 82.5 cm³/mol. The van der Waals surface area contributed by atoms with E-state index in [1.807, 2.05) is 9.58 Å². The Morgan fingerprint density at radius 2 is 2.00 bits per heavy atom. The van der Waals surface area contributed by atoms with Crippen LogP contribution in [0.25, 0.3) is 0 Å². The topological polar surface area (TPSA) is 63.0 Å². The summed E-state index contributed by atoms with van der Waals surface area (Å²) in [6.07, 6.45) is 3.96. The summed E-state index contributed by atoms with van der Waals surface area (Å²) in [6, 6.07) is 3.73. The molecule has 23 heavy (non-hydrogen) atoms. The highest BCUT2D eigenvalue weighted by Crippen LogP contribution is 2.36. The van der Waals surface area contributed by atoms with Crippen LogP contribution in [-0.2, 0) is 0 Å². The Kier molecular flexibility index (Phi) is 3.68. The Balaban J connectivity index is 1.43. The average molecular weight is 317 g/mol. The Labute approximate surface area is 134 Å². The summed E-state index contributed by atoms with van der Waals surface area (Å²) >= 11 is 0. The molecule has 0 aromatic carbocycles. The molecule has 0 unspecified atom stereocenters. The van der Waals surface area contributed by atoms with Crippen molar-refractivity contribution in [2.24, 2.45) is 0 Å². The molecule has 0 amide bonds. The monoisotopic (exact) mass is 317 g/mol. The molecule has 0 spiro atoms. The van der Waals surface area contributed by atoms with E-state index in [4.69, 9.17) is 0 Å². The van der Waals surface area contributed by atoms with Crippen LogP contribution >= 0.6 is 0 Å². The van der Waals surface area contributed by atoms with Crippen LogP contribution in [0.4, 0.5) is 10.2 Å². The number of nitrogens with zero attached hydrogens (tertiary/aromatic N) is 7. The number of rotatable bonds is 4. The van der Waals surface area contributed by atoms with Gasteiger partial charge < -0.3 is 4.90 Å². The van der Waals surface area contributed by atoms with E-state index in [-0.39, 0.29) is 11.9 Å². The van der Waals surface area contributed by atoms with Crippen molar-refractivity contribution in [2.75, 3.05) is 31.1 Å². The molecule has 3 heterocycles. The van der Waals surface area contributed by atoms with Crippen molar-refractivity contribution in [1.29, 1.82) is 0 Å². The average Bonchev–Trinajstić information content (AvgIpc) is 3.32. The largest absolute Gasteiger partial charge is 0.352 e. The fraction of sp³-hybridized carbons (Fsp3) is 0.600. The summed E-state index contributed by atoms with van der Waals surface area (Å²) in [4.78, 5) is 8.51. The van der Waals surface area contributed by atoms with Crippen LogP contribution in [0, 0.1) is 5.82 Å². The Hall–Kier alpha value is -2.09. The maximum Gasteiger partial charge on any atom is 0.168 e. The van der Waals surface area contributed by atoms with Gasteiger partial charge in [0.25, 0.3) is 0 Å². The highest BCUT2D eigenvalue weighted by atomic mass is 19.1. The molecular weight excluding hydrogens is 297 g/mol. The van der Waals surface area contributed by atoms with E-state index in [9.17, 15) is 4.39 Å². The van der Waals surface area contributed by atoms with E-state index >= 15 is 0 Å². The molecule has 8 heteroatoms. The minimum Gasteiger partial charge on any atom is -0.352 e. The molecular formula is C15H20FN7. The number of halogens is 1. The fourth-order valence-electron chi connectivity index (χ4n) is 3.15. The first kappa shape index (κ1) is 14.5. The highest BCUT2D eigenvalue weighted by molar-refractivity contribution is 5.40. The predicted octanol–water partition coefficient (Wildman–Crippen LogP) is 1.43. The zero-order chi connectivity index (χ0) is 15.8. The molecule has 0 bridgehead atoms. The molecule has 0 N–H and O–H groups in total. The SMILES string of the molecule is C[C@H](c1nnnn1C1CC1)N1CCN(c2ncccc2F)CC1. The van der Waals surface area contributed by atoms with Gasteiger partial charge in [0, 0.05) is 32.4 Å². The summed E-state index contributed by atoms with van der Waals surface area (Å²) in [6.45, 7) is 5.33. The number of hydrogen-bond donors (Lipinski definition) is 0. The Morgan fingerprint density at radius 3 is 2.70 bits per heavy atom.